The molecule has 3 aromatic carbocycles. The third-order valence-corrected chi connectivity index (χ3v) is 15.6. The third kappa shape index (κ3) is 11.9. The van der Waals surface area contributed by atoms with Crippen molar-refractivity contribution in [1.82, 2.24) is 31.1 Å². The number of methoxy groups -OCH3 is 2. The first kappa shape index (κ1) is 59.0. The summed E-state index contributed by atoms with van der Waals surface area (Å²) in [6.07, 6.45) is -6.39. The molecule has 9 rings (SSSR count). The molecule has 10 atom stereocenters. The number of ether oxygens (including phenoxy) is 7. The fourth-order valence-corrected chi connectivity index (χ4v) is 11.4. The smallest absolute Gasteiger partial charge is 0.407 e. The van der Waals surface area contributed by atoms with Crippen molar-refractivity contribution >= 4 is 58.8 Å². The molecule has 3 aromatic rings. The molecule has 0 saturated carbocycles. The number of nitrogens with one attached hydrogen (secondary N) is 5. The van der Waals surface area contributed by atoms with Crippen molar-refractivity contribution in [2.24, 2.45) is 5.92 Å². The van der Waals surface area contributed by atoms with E-state index in [-0.39, 0.29) is 104 Å². The van der Waals surface area contributed by atoms with Crippen LogP contribution in [0.1, 0.15) is 114 Å². The van der Waals surface area contributed by atoms with Crippen molar-refractivity contribution in [2.75, 3.05) is 52.3 Å². The molecule has 26 nitrogen and oxygen atoms in total. The number of rotatable bonds is 19. The van der Waals surface area contributed by atoms with E-state index in [2.05, 4.69) is 31.5 Å². The first-order valence-electron chi connectivity index (χ1n) is 27.1. The van der Waals surface area contributed by atoms with E-state index in [0.717, 1.165) is 4.90 Å². The fourth-order valence-electron chi connectivity index (χ4n) is 11.4. The van der Waals surface area contributed by atoms with Crippen LogP contribution in [-0.2, 0) is 70.2 Å². The Morgan fingerprint density at radius 3 is 2.26 bits per heavy atom. The fraction of sp³-hybridized carbons (Fsp3) is 0.518. The zero-order valence-electron chi connectivity index (χ0n) is 46.1. The van der Waals surface area contributed by atoms with Crippen LogP contribution in [0.4, 0.5) is 10.5 Å². The van der Waals surface area contributed by atoms with Gasteiger partial charge in [-0.1, -0.05) is 38.1 Å². The number of phenolic OH excluding ortho intramolecular Hbond substituents is 2. The van der Waals surface area contributed by atoms with Gasteiger partial charge in [-0.25, -0.2) is 4.79 Å². The van der Waals surface area contributed by atoms with Crippen LogP contribution in [-0.4, -0.2) is 180 Å². The molecule has 4 aliphatic heterocycles. The lowest BCUT2D eigenvalue weighted by Gasteiger charge is -2.43. The summed E-state index contributed by atoms with van der Waals surface area (Å²) in [5.41, 5.74) is -3.01. The highest BCUT2D eigenvalue weighted by atomic mass is 16.7. The predicted molar refractivity (Wildman–Crippen MR) is 283 cm³/mol. The van der Waals surface area contributed by atoms with E-state index in [1.807, 2.05) is 0 Å². The molecule has 0 aromatic heterocycles. The number of hydrogen-bond donors (Lipinski definition) is 8. The zero-order valence-corrected chi connectivity index (χ0v) is 46.1. The maximum Gasteiger partial charge on any atom is 0.407 e. The standard InChI is InChI=1S/C56H67N7O19/c1-26(2)44(61-36(64)16-19-63-37(65)14-15-38(63)66)51(72)59-27(3)50(71)60-30-12-10-29(11-13-30)25-79-55(74)58-18-17-57-54(73)56(75)23-32-41(48(70)43-42(46(32)68)45(67)31-8-7-9-34(76-5)40(31)47(43)69)35(24-56)81-39-22-33-49(28(4)80-39)82-52-53(77-6)78-21-20-62(33)52/h7-13,26-28,33,35,39,44,49,52-53,68,70,75H,14-25H2,1-6H3,(H,57,73)(H,58,74)(H,59,72)(H,60,71)(H,61,64)/t27-,28-,33-,35-,39-,44-,49+,52+,53-,56-/m0/s1. The Hall–Kier alpha value is -7.59. The Labute approximate surface area is 470 Å². The molecule has 8 N–H and O–H groups in total. The van der Waals surface area contributed by atoms with Crippen molar-refractivity contribution in [3.63, 3.8) is 0 Å². The van der Waals surface area contributed by atoms with Gasteiger partial charge in [-0.2, -0.15) is 0 Å². The van der Waals surface area contributed by atoms with Crippen molar-refractivity contribution in [1.29, 1.82) is 0 Å². The van der Waals surface area contributed by atoms with E-state index >= 15 is 0 Å². The quantitative estimate of drug-likeness (QED) is 0.0373. The molecule has 0 spiro atoms. The predicted octanol–water partition coefficient (Wildman–Crippen LogP) is 1.32. The van der Waals surface area contributed by atoms with Gasteiger partial charge in [0.2, 0.25) is 35.3 Å². The summed E-state index contributed by atoms with van der Waals surface area (Å²) in [4.78, 5) is 121. The number of amides is 7. The zero-order chi connectivity index (χ0) is 58.9. The summed E-state index contributed by atoms with van der Waals surface area (Å²) in [6, 6.07) is 8.37. The van der Waals surface area contributed by atoms with Crippen LogP contribution in [0.25, 0.3) is 0 Å². The number of morpholine rings is 1. The molecule has 26 heteroatoms. The van der Waals surface area contributed by atoms with Gasteiger partial charge >= 0.3 is 6.09 Å². The van der Waals surface area contributed by atoms with E-state index in [1.54, 1.807) is 45.0 Å². The number of nitrogens with zero attached hydrogens (tertiary/aromatic N) is 2. The second-order valence-electron chi connectivity index (χ2n) is 21.3. The number of fused-ring (bicyclic) bond motifs is 6. The van der Waals surface area contributed by atoms with Crippen molar-refractivity contribution in [3.05, 3.63) is 81.4 Å². The Morgan fingerprint density at radius 1 is 0.854 bits per heavy atom. The van der Waals surface area contributed by atoms with Gasteiger partial charge in [0.1, 0.15) is 47.6 Å². The molecule has 4 saturated heterocycles. The minimum atomic E-state index is -2.37. The van der Waals surface area contributed by atoms with Gasteiger partial charge in [-0.3, -0.25) is 48.2 Å². The number of anilines is 1. The van der Waals surface area contributed by atoms with Crippen LogP contribution in [0.2, 0.25) is 0 Å². The largest absolute Gasteiger partial charge is 0.507 e. The summed E-state index contributed by atoms with van der Waals surface area (Å²) in [6.45, 7) is 6.89. The van der Waals surface area contributed by atoms with Crippen molar-refractivity contribution in [3.8, 4) is 17.2 Å². The lowest BCUT2D eigenvalue weighted by Crippen LogP contribution is -2.55. The number of ketones is 2. The second-order valence-corrected chi connectivity index (χ2v) is 21.3. The number of carbonyl (C=O) groups is 9. The summed E-state index contributed by atoms with van der Waals surface area (Å²) >= 11 is 0. The van der Waals surface area contributed by atoms with Gasteiger partial charge in [-0.15, -0.1) is 0 Å². The highest BCUT2D eigenvalue weighted by molar-refractivity contribution is 6.31. The van der Waals surface area contributed by atoms with E-state index in [9.17, 15) is 58.5 Å². The lowest BCUT2D eigenvalue weighted by atomic mass is 9.72. The van der Waals surface area contributed by atoms with Crippen LogP contribution in [0.15, 0.2) is 42.5 Å². The molecular formula is C56H67N7O19. The van der Waals surface area contributed by atoms with Crippen molar-refractivity contribution < 1.29 is 91.6 Å². The monoisotopic (exact) mass is 1140 g/mol. The topological polar surface area (TPSA) is 346 Å². The van der Waals surface area contributed by atoms with Crippen LogP contribution >= 0.6 is 0 Å². The molecule has 4 fully saturated rings. The number of likely N-dealkylation sites (tertiary alicyclic amines) is 1. The molecule has 82 heavy (non-hydrogen) atoms. The Kier molecular flexibility index (Phi) is 17.6. The highest BCUT2D eigenvalue weighted by Crippen LogP contribution is 2.53. The summed E-state index contributed by atoms with van der Waals surface area (Å²) in [7, 11) is 2.84. The molecule has 2 aliphatic carbocycles. The van der Waals surface area contributed by atoms with Gasteiger partial charge in [0, 0.05) is 100 Å². The lowest BCUT2D eigenvalue weighted by molar-refractivity contribution is -0.256. The van der Waals surface area contributed by atoms with Gasteiger partial charge in [0.25, 0.3) is 5.91 Å². The minimum absolute atomic E-state index is 0.0681. The molecule has 0 bridgehead atoms. The van der Waals surface area contributed by atoms with Crippen LogP contribution < -0.4 is 31.3 Å². The Balaban J connectivity index is 0.795. The molecule has 4 heterocycles. The number of benzene rings is 3. The number of imide groups is 1. The molecular weight excluding hydrogens is 1070 g/mol. The van der Waals surface area contributed by atoms with E-state index in [4.69, 9.17) is 33.2 Å². The summed E-state index contributed by atoms with van der Waals surface area (Å²) < 4.78 is 41.3. The highest BCUT2D eigenvalue weighted by Gasteiger charge is 2.55. The van der Waals surface area contributed by atoms with E-state index in [1.165, 1.54) is 39.3 Å². The third-order valence-electron chi connectivity index (χ3n) is 15.6. The van der Waals surface area contributed by atoms with E-state index in [0.29, 0.717) is 24.4 Å². The Bertz CT molecular complexity index is 3030. The molecule has 440 valence electrons. The average molecular weight is 1140 g/mol. The number of aliphatic hydroxyl groups is 1. The molecule has 0 radical (unpaired) electrons. The molecule has 6 aliphatic rings. The van der Waals surface area contributed by atoms with Gasteiger partial charge in [0.05, 0.1) is 42.6 Å². The summed E-state index contributed by atoms with van der Waals surface area (Å²) in [5, 5.41) is 49.5. The SMILES string of the molecule is COc1cccc2c1C(=O)c1c(O)c3c(c(O)c1C2=O)C[C@@](O)(C(=O)NCCNC(=O)OCc1ccc(NC(=O)[C@H](C)NC(=O)[C@@H](NC(=O)CCN2C(=O)CCC2=O)C(C)C)cc1)C[C@@H]3O[C@H]1C[C@H]2[C@H](O[C@@H]3[C@@H](OC)OCCN32)[C@H](C)O1. The van der Waals surface area contributed by atoms with Crippen LogP contribution in [0.3, 0.4) is 0 Å². The molecule has 7 amide bonds. The van der Waals surface area contributed by atoms with E-state index < -0.39 is 132 Å². The van der Waals surface area contributed by atoms with Crippen LogP contribution in [0, 0.1) is 5.92 Å². The number of alkyl carbamates (subject to hydrolysis) is 1. The van der Waals surface area contributed by atoms with Crippen molar-refractivity contribution in [2.45, 2.75) is 134 Å². The minimum Gasteiger partial charge on any atom is -0.507 e. The normalized spacial score (nSPS) is 25.4. The Morgan fingerprint density at radius 2 is 1.56 bits per heavy atom. The molecule has 0 unspecified atom stereocenters. The second kappa shape index (κ2) is 24.5. The average Bonchev–Trinajstić information content (AvgIpc) is 2.18. The number of hydrogen-bond acceptors (Lipinski definition) is 20. The number of phenols is 2. The van der Waals surface area contributed by atoms with Gasteiger partial charge in [0.15, 0.2) is 24.6 Å². The first-order chi connectivity index (χ1) is 39.1. The number of aromatic hydroxyl groups is 2. The number of carbonyl (C=O) groups excluding carboxylic acids is 9. The maximum absolute atomic E-state index is 14.3. The first-order valence-corrected chi connectivity index (χ1v) is 27.1. The maximum atomic E-state index is 14.3. The van der Waals surface area contributed by atoms with Gasteiger partial charge in [-0.05, 0) is 43.5 Å². The summed E-state index contributed by atoms with van der Waals surface area (Å²) in [5.74, 6) is -6.67. The van der Waals surface area contributed by atoms with Gasteiger partial charge < -0.3 is 75.1 Å². The van der Waals surface area contributed by atoms with Crippen LogP contribution in [0.5, 0.6) is 17.2 Å².